The highest BCUT2D eigenvalue weighted by molar-refractivity contribution is 9.10. The van der Waals surface area contributed by atoms with Crippen LogP contribution in [0, 0.1) is 6.92 Å². The van der Waals surface area contributed by atoms with Crippen LogP contribution in [-0.4, -0.2) is 11.0 Å². The Morgan fingerprint density at radius 3 is 2.63 bits per heavy atom. The number of anilines is 1. The Morgan fingerprint density at radius 1 is 1.26 bits per heavy atom. The molecule has 0 saturated carbocycles. The molecule has 19 heavy (non-hydrogen) atoms. The number of carbonyl (C=O) groups excluding carboxylic acids is 1. The van der Waals surface area contributed by atoms with Crippen molar-refractivity contribution in [3.63, 3.8) is 0 Å². The molecule has 0 aliphatic heterocycles. The molecule has 0 radical (unpaired) electrons. The van der Waals surface area contributed by atoms with Crippen molar-refractivity contribution in [3.8, 4) is 5.75 Å². The second kappa shape index (κ2) is 5.63. The van der Waals surface area contributed by atoms with Gasteiger partial charge in [0, 0.05) is 21.2 Å². The topological polar surface area (TPSA) is 49.3 Å². The molecule has 2 rings (SSSR count). The molecule has 0 aliphatic carbocycles. The van der Waals surface area contributed by atoms with Gasteiger partial charge in [-0.15, -0.1) is 0 Å². The normalized spacial score (nSPS) is 10.3. The average molecular weight is 341 g/mol. The Labute approximate surface area is 124 Å². The Hall–Kier alpha value is -1.52. The second-order valence-electron chi connectivity index (χ2n) is 4.08. The zero-order chi connectivity index (χ0) is 14.0. The van der Waals surface area contributed by atoms with Gasteiger partial charge in [0.1, 0.15) is 5.75 Å². The number of phenolic OH excluding ortho intramolecular Hbond substituents is 1. The SMILES string of the molecule is Cc1ccc(NC(=O)c2ccc(Cl)cc2Br)cc1O. The van der Waals surface area contributed by atoms with Crippen molar-refractivity contribution in [2.75, 3.05) is 5.32 Å². The van der Waals surface area contributed by atoms with Crippen LogP contribution in [-0.2, 0) is 0 Å². The number of aromatic hydroxyl groups is 1. The molecule has 2 N–H and O–H groups in total. The highest BCUT2D eigenvalue weighted by atomic mass is 79.9. The summed E-state index contributed by atoms with van der Waals surface area (Å²) >= 11 is 9.12. The van der Waals surface area contributed by atoms with E-state index < -0.39 is 0 Å². The quantitative estimate of drug-likeness (QED) is 0.853. The zero-order valence-electron chi connectivity index (χ0n) is 10.1. The highest BCUT2D eigenvalue weighted by Crippen LogP contribution is 2.24. The number of aryl methyl sites for hydroxylation is 1. The van der Waals surface area contributed by atoms with Crippen molar-refractivity contribution in [3.05, 3.63) is 57.0 Å². The first-order chi connectivity index (χ1) is 8.97. The molecular weight excluding hydrogens is 330 g/mol. The number of hydrogen-bond donors (Lipinski definition) is 2. The van der Waals surface area contributed by atoms with Crippen LogP contribution in [0.5, 0.6) is 5.75 Å². The summed E-state index contributed by atoms with van der Waals surface area (Å²) in [5.74, 6) is -0.125. The predicted molar refractivity (Wildman–Crippen MR) is 79.9 cm³/mol. The maximum atomic E-state index is 12.1. The molecule has 3 nitrogen and oxygen atoms in total. The first kappa shape index (κ1) is 13.9. The Bertz CT molecular complexity index is 643. The summed E-state index contributed by atoms with van der Waals surface area (Å²) in [4.78, 5) is 12.1. The van der Waals surface area contributed by atoms with Crippen molar-refractivity contribution in [2.24, 2.45) is 0 Å². The van der Waals surface area contributed by atoms with E-state index in [0.29, 0.717) is 20.7 Å². The number of hydrogen-bond acceptors (Lipinski definition) is 2. The molecule has 2 aromatic carbocycles. The largest absolute Gasteiger partial charge is 0.508 e. The molecule has 0 unspecified atom stereocenters. The first-order valence-electron chi connectivity index (χ1n) is 5.53. The van der Waals surface area contributed by atoms with Gasteiger partial charge in [0.2, 0.25) is 0 Å². The van der Waals surface area contributed by atoms with Crippen LogP contribution in [0.15, 0.2) is 40.9 Å². The minimum absolute atomic E-state index is 0.146. The van der Waals surface area contributed by atoms with E-state index in [2.05, 4.69) is 21.2 Å². The van der Waals surface area contributed by atoms with Gasteiger partial charge in [0.05, 0.1) is 5.56 Å². The van der Waals surface area contributed by atoms with E-state index in [9.17, 15) is 9.90 Å². The van der Waals surface area contributed by atoms with Crippen LogP contribution >= 0.6 is 27.5 Å². The van der Waals surface area contributed by atoms with E-state index >= 15 is 0 Å². The van der Waals surface area contributed by atoms with E-state index in [0.717, 1.165) is 5.56 Å². The van der Waals surface area contributed by atoms with Gasteiger partial charge >= 0.3 is 0 Å². The zero-order valence-corrected chi connectivity index (χ0v) is 12.4. The lowest BCUT2D eigenvalue weighted by atomic mass is 10.2. The van der Waals surface area contributed by atoms with Crippen molar-refractivity contribution >= 4 is 39.1 Å². The molecule has 2 aromatic rings. The van der Waals surface area contributed by atoms with Gasteiger partial charge in [-0.1, -0.05) is 17.7 Å². The number of amides is 1. The molecule has 5 heteroatoms. The predicted octanol–water partition coefficient (Wildman–Crippen LogP) is 4.37. The third-order valence-corrected chi connectivity index (χ3v) is 3.53. The van der Waals surface area contributed by atoms with Gasteiger partial charge in [0.25, 0.3) is 5.91 Å². The van der Waals surface area contributed by atoms with Gasteiger partial charge < -0.3 is 10.4 Å². The number of carbonyl (C=O) groups is 1. The maximum absolute atomic E-state index is 12.1. The minimum Gasteiger partial charge on any atom is -0.508 e. The lowest BCUT2D eigenvalue weighted by Crippen LogP contribution is -2.12. The summed E-state index contributed by atoms with van der Waals surface area (Å²) in [5.41, 5.74) is 1.77. The molecular formula is C14H11BrClNO2. The van der Waals surface area contributed by atoms with Crippen LogP contribution < -0.4 is 5.32 Å². The van der Waals surface area contributed by atoms with Crippen LogP contribution in [0.4, 0.5) is 5.69 Å². The molecule has 0 heterocycles. The number of nitrogens with one attached hydrogen (secondary N) is 1. The summed E-state index contributed by atoms with van der Waals surface area (Å²) in [6, 6.07) is 9.92. The fourth-order valence-corrected chi connectivity index (χ4v) is 2.42. The van der Waals surface area contributed by atoms with Crippen LogP contribution in [0.2, 0.25) is 5.02 Å². The number of rotatable bonds is 2. The van der Waals surface area contributed by atoms with E-state index in [-0.39, 0.29) is 11.7 Å². The van der Waals surface area contributed by atoms with E-state index in [1.54, 1.807) is 37.3 Å². The van der Waals surface area contributed by atoms with E-state index in [1.165, 1.54) is 6.07 Å². The number of benzene rings is 2. The lowest BCUT2D eigenvalue weighted by Gasteiger charge is -2.08. The van der Waals surface area contributed by atoms with Gasteiger partial charge in [0.15, 0.2) is 0 Å². The smallest absolute Gasteiger partial charge is 0.256 e. The van der Waals surface area contributed by atoms with Crippen molar-refractivity contribution in [1.29, 1.82) is 0 Å². The molecule has 98 valence electrons. The van der Waals surface area contributed by atoms with Gasteiger partial charge in [-0.3, -0.25) is 4.79 Å². The van der Waals surface area contributed by atoms with Crippen molar-refractivity contribution < 1.29 is 9.90 Å². The molecule has 0 atom stereocenters. The Balaban J connectivity index is 2.23. The van der Waals surface area contributed by atoms with E-state index in [4.69, 9.17) is 11.6 Å². The van der Waals surface area contributed by atoms with Gasteiger partial charge in [-0.2, -0.15) is 0 Å². The van der Waals surface area contributed by atoms with Crippen LogP contribution in [0.25, 0.3) is 0 Å². The molecule has 0 aliphatic rings. The first-order valence-corrected chi connectivity index (χ1v) is 6.70. The molecule has 0 fully saturated rings. The highest BCUT2D eigenvalue weighted by Gasteiger charge is 2.11. The van der Waals surface area contributed by atoms with Crippen LogP contribution in [0.1, 0.15) is 15.9 Å². The van der Waals surface area contributed by atoms with Crippen LogP contribution in [0.3, 0.4) is 0 Å². The number of phenols is 1. The third-order valence-electron chi connectivity index (χ3n) is 2.64. The summed E-state index contributed by atoms with van der Waals surface area (Å²) in [6.45, 7) is 1.79. The lowest BCUT2D eigenvalue weighted by molar-refractivity contribution is 0.102. The molecule has 1 amide bonds. The fourth-order valence-electron chi connectivity index (χ4n) is 1.56. The monoisotopic (exact) mass is 339 g/mol. The molecule has 0 aromatic heterocycles. The Kier molecular flexibility index (Phi) is 4.12. The second-order valence-corrected chi connectivity index (χ2v) is 5.37. The standard InChI is InChI=1S/C14H11BrClNO2/c1-8-2-4-10(7-13(8)18)17-14(19)11-5-3-9(16)6-12(11)15/h2-7,18H,1H3,(H,17,19). The third kappa shape index (κ3) is 3.28. The molecule has 0 bridgehead atoms. The Morgan fingerprint density at radius 2 is 2.00 bits per heavy atom. The van der Waals surface area contributed by atoms with E-state index in [1.807, 2.05) is 0 Å². The number of halogens is 2. The summed E-state index contributed by atoms with van der Waals surface area (Å²) in [5, 5.41) is 12.9. The van der Waals surface area contributed by atoms with Gasteiger partial charge in [-0.05, 0) is 52.7 Å². The molecule has 0 saturated heterocycles. The van der Waals surface area contributed by atoms with Crippen molar-refractivity contribution in [2.45, 2.75) is 6.92 Å². The maximum Gasteiger partial charge on any atom is 0.256 e. The fraction of sp³-hybridized carbons (Fsp3) is 0.0714. The summed E-state index contributed by atoms with van der Waals surface area (Å²) < 4.78 is 0.619. The van der Waals surface area contributed by atoms with Crippen molar-refractivity contribution in [1.82, 2.24) is 0 Å². The summed E-state index contributed by atoms with van der Waals surface area (Å²) in [6.07, 6.45) is 0. The minimum atomic E-state index is -0.271. The average Bonchev–Trinajstić information content (AvgIpc) is 2.33. The molecule has 0 spiro atoms. The van der Waals surface area contributed by atoms with Gasteiger partial charge in [-0.25, -0.2) is 0 Å². The summed E-state index contributed by atoms with van der Waals surface area (Å²) in [7, 11) is 0.